The summed E-state index contributed by atoms with van der Waals surface area (Å²) in [6.07, 6.45) is 2.42. The molecule has 0 aliphatic carbocycles. The molecular weight excluding hydrogens is 400 g/mol. The van der Waals surface area contributed by atoms with E-state index in [-0.39, 0.29) is 11.5 Å². The molecule has 1 saturated heterocycles. The maximum Gasteiger partial charge on any atom is 0.161 e. The minimum Gasteiger partial charge on any atom is -0.504 e. The summed E-state index contributed by atoms with van der Waals surface area (Å²) in [6.45, 7) is 3.74. The van der Waals surface area contributed by atoms with Crippen LogP contribution >= 0.6 is 0 Å². The predicted molar refractivity (Wildman–Crippen MR) is 125 cm³/mol. The summed E-state index contributed by atoms with van der Waals surface area (Å²) in [4.78, 5) is 4.91. The quantitative estimate of drug-likeness (QED) is 0.584. The zero-order valence-corrected chi connectivity index (χ0v) is 18.3. The van der Waals surface area contributed by atoms with Crippen molar-refractivity contribution in [3.05, 3.63) is 77.4 Å². The molecule has 32 heavy (non-hydrogen) atoms. The second-order valence-corrected chi connectivity index (χ2v) is 9.42. The van der Waals surface area contributed by atoms with E-state index in [0.29, 0.717) is 18.3 Å². The smallest absolute Gasteiger partial charge is 0.161 e. The molecule has 0 amide bonds. The zero-order valence-electron chi connectivity index (χ0n) is 18.3. The van der Waals surface area contributed by atoms with Gasteiger partial charge in [0.1, 0.15) is 12.4 Å². The van der Waals surface area contributed by atoms with Gasteiger partial charge in [-0.3, -0.25) is 0 Å². The Morgan fingerprint density at radius 1 is 0.875 bits per heavy atom. The molecule has 1 spiro atoms. The molecule has 0 bridgehead atoms. The van der Waals surface area contributed by atoms with Gasteiger partial charge < -0.3 is 24.7 Å². The van der Waals surface area contributed by atoms with Crippen molar-refractivity contribution >= 4 is 11.4 Å². The van der Waals surface area contributed by atoms with Crippen LogP contribution in [0.3, 0.4) is 0 Å². The number of phenolic OH excluding ortho intramolecular Hbond substituents is 2. The number of para-hydroxylation sites is 2. The normalized spacial score (nSPS) is 19.3. The van der Waals surface area contributed by atoms with Gasteiger partial charge in [-0.05, 0) is 68.2 Å². The Bertz CT molecular complexity index is 1140. The number of phenols is 2. The molecule has 0 saturated carbocycles. The number of likely N-dealkylation sites (tertiary alicyclic amines) is 1. The summed E-state index contributed by atoms with van der Waals surface area (Å²) >= 11 is 0. The third kappa shape index (κ3) is 2.74. The van der Waals surface area contributed by atoms with E-state index < -0.39 is 5.41 Å². The van der Waals surface area contributed by atoms with Crippen LogP contribution in [-0.2, 0) is 5.41 Å². The maximum atomic E-state index is 10.4. The van der Waals surface area contributed by atoms with E-state index in [1.807, 2.05) is 0 Å². The van der Waals surface area contributed by atoms with Gasteiger partial charge in [-0.15, -0.1) is 0 Å². The molecule has 5 nitrogen and oxygen atoms in total. The van der Waals surface area contributed by atoms with Crippen molar-refractivity contribution in [2.45, 2.75) is 18.3 Å². The number of benzene rings is 3. The van der Waals surface area contributed by atoms with Crippen LogP contribution in [0.1, 0.15) is 29.5 Å². The first-order chi connectivity index (χ1) is 15.6. The largest absolute Gasteiger partial charge is 0.504 e. The molecule has 0 atom stereocenters. The number of nitrogens with zero attached hydrogens (tertiary/aromatic N) is 2. The Hall–Kier alpha value is -3.18. The molecule has 3 aromatic rings. The lowest BCUT2D eigenvalue weighted by atomic mass is 9.67. The molecule has 5 heteroatoms. The number of hydrogen-bond donors (Lipinski definition) is 2. The summed E-state index contributed by atoms with van der Waals surface area (Å²) in [5.41, 5.74) is 5.18. The van der Waals surface area contributed by atoms with E-state index in [1.54, 1.807) is 6.07 Å². The fraction of sp³-hybridized carbons (Fsp3) is 0.333. The summed E-state index contributed by atoms with van der Waals surface area (Å²) in [7, 11) is 2.20. The van der Waals surface area contributed by atoms with E-state index in [2.05, 4.69) is 65.4 Å². The molecule has 6 rings (SSSR count). The lowest BCUT2D eigenvalue weighted by Gasteiger charge is -2.44. The van der Waals surface area contributed by atoms with Gasteiger partial charge in [0, 0.05) is 29.5 Å². The van der Waals surface area contributed by atoms with Gasteiger partial charge in [-0.25, -0.2) is 0 Å². The highest BCUT2D eigenvalue weighted by Gasteiger charge is 2.50. The number of ether oxygens (including phenoxy) is 1. The molecular formula is C27H28N2O3. The number of rotatable bonds is 2. The van der Waals surface area contributed by atoms with E-state index in [9.17, 15) is 10.2 Å². The number of piperidine rings is 1. The van der Waals surface area contributed by atoms with Crippen LogP contribution in [0.25, 0.3) is 0 Å². The zero-order chi connectivity index (χ0) is 21.9. The fourth-order valence-corrected chi connectivity index (χ4v) is 5.83. The highest BCUT2D eigenvalue weighted by molar-refractivity contribution is 5.82. The molecule has 0 aromatic heterocycles. The van der Waals surface area contributed by atoms with Crippen LogP contribution in [0.2, 0.25) is 0 Å². The standard InChI is InChI=1S/C27H28N2O3/c1-28-12-10-18(11-13-28)16-29-22-8-4-2-6-19(22)27(20-7-3-5-9-23(20)29)17-32-26-15-25(31)24(30)14-21(26)27/h2-9,14-15,18,30-31H,10-13,16-17H2,1H3. The van der Waals surface area contributed by atoms with Gasteiger partial charge in [0.2, 0.25) is 0 Å². The Balaban J connectivity index is 1.53. The van der Waals surface area contributed by atoms with E-state index in [0.717, 1.165) is 25.2 Å². The minimum absolute atomic E-state index is 0.114. The minimum atomic E-state index is -0.517. The van der Waals surface area contributed by atoms with Crippen molar-refractivity contribution in [2.75, 3.05) is 38.2 Å². The molecule has 1 fully saturated rings. The van der Waals surface area contributed by atoms with Gasteiger partial charge >= 0.3 is 0 Å². The summed E-state index contributed by atoms with van der Waals surface area (Å²) in [6, 6.07) is 20.4. The second-order valence-electron chi connectivity index (χ2n) is 9.42. The van der Waals surface area contributed by atoms with Crippen molar-refractivity contribution in [3.8, 4) is 17.2 Å². The molecule has 0 unspecified atom stereocenters. The highest BCUT2D eigenvalue weighted by atomic mass is 16.5. The van der Waals surface area contributed by atoms with Gasteiger partial charge in [0.25, 0.3) is 0 Å². The third-order valence-electron chi connectivity index (χ3n) is 7.57. The summed E-state index contributed by atoms with van der Waals surface area (Å²) < 4.78 is 6.14. The van der Waals surface area contributed by atoms with E-state index in [1.165, 1.54) is 41.4 Å². The number of aromatic hydroxyl groups is 2. The topological polar surface area (TPSA) is 56.2 Å². The summed E-state index contributed by atoms with van der Waals surface area (Å²) in [5, 5.41) is 20.4. The van der Waals surface area contributed by atoms with Crippen LogP contribution in [0.15, 0.2) is 60.7 Å². The van der Waals surface area contributed by atoms with Crippen LogP contribution < -0.4 is 9.64 Å². The van der Waals surface area contributed by atoms with Crippen molar-refractivity contribution in [2.24, 2.45) is 5.92 Å². The van der Waals surface area contributed by atoms with Crippen LogP contribution in [0.5, 0.6) is 17.2 Å². The van der Waals surface area contributed by atoms with Crippen molar-refractivity contribution in [1.82, 2.24) is 4.90 Å². The molecule has 3 aromatic carbocycles. The Morgan fingerprint density at radius 2 is 1.47 bits per heavy atom. The Labute approximate surface area is 188 Å². The van der Waals surface area contributed by atoms with Crippen LogP contribution in [0, 0.1) is 5.92 Å². The predicted octanol–water partition coefficient (Wildman–Crippen LogP) is 4.62. The number of hydrogen-bond acceptors (Lipinski definition) is 5. The van der Waals surface area contributed by atoms with Crippen molar-refractivity contribution in [1.29, 1.82) is 0 Å². The lowest BCUT2D eigenvalue weighted by molar-refractivity contribution is 0.223. The third-order valence-corrected chi connectivity index (χ3v) is 7.57. The Morgan fingerprint density at radius 3 is 2.12 bits per heavy atom. The van der Waals surface area contributed by atoms with E-state index in [4.69, 9.17) is 4.74 Å². The second kappa shape index (κ2) is 7.17. The maximum absolute atomic E-state index is 10.4. The average molecular weight is 429 g/mol. The monoisotopic (exact) mass is 428 g/mol. The van der Waals surface area contributed by atoms with Gasteiger partial charge in [-0.1, -0.05) is 36.4 Å². The van der Waals surface area contributed by atoms with Gasteiger partial charge in [-0.2, -0.15) is 0 Å². The first kappa shape index (κ1) is 19.5. The number of fused-ring (bicyclic) bond motifs is 6. The fourth-order valence-electron chi connectivity index (χ4n) is 5.83. The molecule has 164 valence electrons. The van der Waals surface area contributed by atoms with Crippen LogP contribution in [-0.4, -0.2) is 48.4 Å². The number of anilines is 2. The first-order valence-electron chi connectivity index (χ1n) is 11.4. The molecule has 3 aliphatic rings. The Kier molecular flexibility index (Phi) is 4.37. The van der Waals surface area contributed by atoms with Crippen molar-refractivity contribution < 1.29 is 14.9 Å². The lowest BCUT2D eigenvalue weighted by Crippen LogP contribution is -2.42. The van der Waals surface area contributed by atoms with Crippen molar-refractivity contribution in [3.63, 3.8) is 0 Å². The molecule has 2 N–H and O–H groups in total. The van der Waals surface area contributed by atoms with Gasteiger partial charge in [0.15, 0.2) is 11.5 Å². The molecule has 3 aliphatic heterocycles. The van der Waals surface area contributed by atoms with Crippen LogP contribution in [0.4, 0.5) is 11.4 Å². The van der Waals surface area contributed by atoms with E-state index >= 15 is 0 Å². The first-order valence-corrected chi connectivity index (χ1v) is 11.4. The molecule has 0 radical (unpaired) electrons. The molecule has 3 heterocycles. The summed E-state index contributed by atoms with van der Waals surface area (Å²) in [5.74, 6) is 1.02. The van der Waals surface area contributed by atoms with Gasteiger partial charge in [0.05, 0.1) is 5.41 Å². The highest BCUT2D eigenvalue weighted by Crippen LogP contribution is 2.58. The average Bonchev–Trinajstić information content (AvgIpc) is 3.17. The SMILES string of the molecule is CN1CCC(CN2c3ccccc3C3(COc4cc(O)c(O)cc43)c3ccccc32)CC1.